The lowest BCUT2D eigenvalue weighted by molar-refractivity contribution is -0.0512. The van der Waals surface area contributed by atoms with E-state index in [1.165, 1.54) is 19.3 Å². The van der Waals surface area contributed by atoms with E-state index in [1.54, 1.807) is 0 Å². The summed E-state index contributed by atoms with van der Waals surface area (Å²) in [4.78, 5) is 0. The maximum atomic E-state index is 10.2. The van der Waals surface area contributed by atoms with E-state index < -0.39 is 6.10 Å². The number of ether oxygens (including phenoxy) is 1. The molecule has 3 rings (SSSR count). The summed E-state index contributed by atoms with van der Waals surface area (Å²) in [5.41, 5.74) is 0.813. The van der Waals surface area contributed by atoms with E-state index in [4.69, 9.17) is 9.15 Å². The molecule has 108 valence electrons. The van der Waals surface area contributed by atoms with Gasteiger partial charge in [-0.15, -0.1) is 0 Å². The van der Waals surface area contributed by atoms with Gasteiger partial charge in [-0.2, -0.15) is 0 Å². The van der Waals surface area contributed by atoms with Gasteiger partial charge < -0.3 is 14.3 Å². The molecule has 1 saturated carbocycles. The minimum Gasteiger partial charge on any atom is -0.458 e. The van der Waals surface area contributed by atoms with E-state index in [0.717, 1.165) is 17.4 Å². The van der Waals surface area contributed by atoms with Gasteiger partial charge in [0.15, 0.2) is 0 Å². The summed E-state index contributed by atoms with van der Waals surface area (Å²) in [6, 6.07) is 9.69. The lowest BCUT2D eigenvalue weighted by atomic mass is 9.88. The second-order valence-electron chi connectivity index (χ2n) is 5.84. The molecular formula is C17H22O3. The number of fused-ring (bicyclic) bond motifs is 1. The average Bonchev–Trinajstić information content (AvgIpc) is 2.90. The summed E-state index contributed by atoms with van der Waals surface area (Å²) in [5.74, 6) is 1.18. The molecule has 0 amide bonds. The van der Waals surface area contributed by atoms with E-state index in [9.17, 15) is 5.11 Å². The highest BCUT2D eigenvalue weighted by Crippen LogP contribution is 2.28. The van der Waals surface area contributed by atoms with Crippen molar-refractivity contribution in [2.45, 2.75) is 44.8 Å². The molecule has 0 aliphatic heterocycles. The van der Waals surface area contributed by atoms with Crippen LogP contribution in [-0.2, 0) is 4.74 Å². The number of benzene rings is 1. The molecule has 0 bridgehead atoms. The van der Waals surface area contributed by atoms with Crippen LogP contribution in [0.25, 0.3) is 11.0 Å². The molecule has 2 aromatic rings. The summed E-state index contributed by atoms with van der Waals surface area (Å²) in [6.45, 7) is 2.55. The summed E-state index contributed by atoms with van der Waals surface area (Å²) in [7, 11) is 0. The Bertz CT molecular complexity index is 527. The predicted molar refractivity (Wildman–Crippen MR) is 78.5 cm³/mol. The molecule has 3 nitrogen and oxygen atoms in total. The number of aliphatic hydroxyl groups excluding tert-OH is 1. The van der Waals surface area contributed by atoms with E-state index in [0.29, 0.717) is 18.3 Å². The molecule has 20 heavy (non-hydrogen) atoms. The van der Waals surface area contributed by atoms with Crippen molar-refractivity contribution in [2.75, 3.05) is 6.61 Å². The second kappa shape index (κ2) is 5.98. The maximum Gasteiger partial charge on any atom is 0.136 e. The van der Waals surface area contributed by atoms with Gasteiger partial charge in [-0.1, -0.05) is 38.0 Å². The Morgan fingerprint density at radius 3 is 2.90 bits per heavy atom. The average molecular weight is 274 g/mol. The lowest BCUT2D eigenvalue weighted by Crippen LogP contribution is -2.27. The Morgan fingerprint density at radius 2 is 2.10 bits per heavy atom. The zero-order valence-electron chi connectivity index (χ0n) is 11.9. The van der Waals surface area contributed by atoms with Gasteiger partial charge in [0.05, 0.1) is 12.7 Å². The summed E-state index contributed by atoms with van der Waals surface area (Å²) < 4.78 is 11.6. The van der Waals surface area contributed by atoms with Crippen molar-refractivity contribution < 1.29 is 14.3 Å². The molecule has 3 atom stereocenters. The van der Waals surface area contributed by atoms with Crippen molar-refractivity contribution in [3.8, 4) is 0 Å². The Balaban J connectivity index is 1.62. The van der Waals surface area contributed by atoms with Gasteiger partial charge in [0.25, 0.3) is 0 Å². The molecule has 1 aliphatic carbocycles. The second-order valence-corrected chi connectivity index (χ2v) is 5.84. The van der Waals surface area contributed by atoms with Gasteiger partial charge in [-0.05, 0) is 30.9 Å². The van der Waals surface area contributed by atoms with Gasteiger partial charge in [-0.25, -0.2) is 0 Å². The zero-order chi connectivity index (χ0) is 13.9. The molecule has 1 aliphatic rings. The number of para-hydroxylation sites is 1. The fraction of sp³-hybridized carbons (Fsp3) is 0.529. The summed E-state index contributed by atoms with van der Waals surface area (Å²) in [6.07, 6.45) is 4.46. The van der Waals surface area contributed by atoms with Crippen molar-refractivity contribution in [3.63, 3.8) is 0 Å². The fourth-order valence-electron chi connectivity index (χ4n) is 2.99. The normalized spacial score (nSPS) is 24.9. The van der Waals surface area contributed by atoms with Gasteiger partial charge in [0.1, 0.15) is 17.4 Å². The Kier molecular flexibility index (Phi) is 4.08. The number of aliphatic hydroxyl groups is 1. The molecule has 1 aromatic carbocycles. The van der Waals surface area contributed by atoms with Crippen LogP contribution in [0.4, 0.5) is 0 Å². The Labute approximate surface area is 119 Å². The van der Waals surface area contributed by atoms with Crippen LogP contribution in [0.5, 0.6) is 0 Å². The third-order valence-electron chi connectivity index (χ3n) is 4.27. The first-order valence-corrected chi connectivity index (χ1v) is 7.52. The van der Waals surface area contributed by atoms with Crippen LogP contribution < -0.4 is 0 Å². The minimum absolute atomic E-state index is 0.280. The van der Waals surface area contributed by atoms with Crippen LogP contribution in [-0.4, -0.2) is 17.8 Å². The Hall–Kier alpha value is -1.32. The van der Waals surface area contributed by atoms with E-state index >= 15 is 0 Å². The molecule has 1 heterocycles. The van der Waals surface area contributed by atoms with Crippen LogP contribution in [0.15, 0.2) is 34.7 Å². The highest BCUT2D eigenvalue weighted by Gasteiger charge is 2.23. The van der Waals surface area contributed by atoms with Crippen LogP contribution in [0, 0.1) is 5.92 Å². The van der Waals surface area contributed by atoms with E-state index in [1.807, 2.05) is 30.3 Å². The predicted octanol–water partition coefficient (Wildman–Crippen LogP) is 4.06. The monoisotopic (exact) mass is 274 g/mol. The summed E-state index contributed by atoms with van der Waals surface area (Å²) >= 11 is 0. The zero-order valence-corrected chi connectivity index (χ0v) is 11.9. The molecule has 0 radical (unpaired) electrons. The smallest absolute Gasteiger partial charge is 0.136 e. The maximum absolute atomic E-state index is 10.2. The molecule has 1 aromatic heterocycles. The highest BCUT2D eigenvalue weighted by atomic mass is 16.5. The van der Waals surface area contributed by atoms with Crippen LogP contribution >= 0.6 is 0 Å². The SMILES string of the molecule is CC1CCCCC1OCC(O)c1cc2ccccc2o1. The van der Waals surface area contributed by atoms with Crippen molar-refractivity contribution in [1.82, 2.24) is 0 Å². The first-order valence-electron chi connectivity index (χ1n) is 7.52. The first-order chi connectivity index (χ1) is 9.74. The molecule has 3 heteroatoms. The molecule has 3 unspecified atom stereocenters. The first kappa shape index (κ1) is 13.7. The number of rotatable bonds is 4. The number of furan rings is 1. The quantitative estimate of drug-likeness (QED) is 0.914. The van der Waals surface area contributed by atoms with Crippen LogP contribution in [0.2, 0.25) is 0 Å². The van der Waals surface area contributed by atoms with Crippen LogP contribution in [0.3, 0.4) is 0 Å². The van der Waals surface area contributed by atoms with E-state index in [2.05, 4.69) is 6.92 Å². The van der Waals surface area contributed by atoms with Crippen molar-refractivity contribution in [2.24, 2.45) is 5.92 Å². The summed E-state index contributed by atoms with van der Waals surface area (Å²) in [5, 5.41) is 11.2. The molecule has 1 fully saturated rings. The largest absolute Gasteiger partial charge is 0.458 e. The minimum atomic E-state index is -0.684. The van der Waals surface area contributed by atoms with Gasteiger partial charge in [0.2, 0.25) is 0 Å². The molecule has 0 saturated heterocycles. The molecular weight excluding hydrogens is 252 g/mol. The molecule has 1 N–H and O–H groups in total. The third-order valence-corrected chi connectivity index (χ3v) is 4.27. The highest BCUT2D eigenvalue weighted by molar-refractivity contribution is 5.77. The molecule has 0 spiro atoms. The topological polar surface area (TPSA) is 42.6 Å². The van der Waals surface area contributed by atoms with Crippen molar-refractivity contribution in [3.05, 3.63) is 36.1 Å². The number of hydrogen-bond acceptors (Lipinski definition) is 3. The Morgan fingerprint density at radius 1 is 1.30 bits per heavy atom. The lowest BCUT2D eigenvalue weighted by Gasteiger charge is -2.29. The number of hydrogen-bond donors (Lipinski definition) is 1. The van der Waals surface area contributed by atoms with Gasteiger partial charge >= 0.3 is 0 Å². The standard InChI is InChI=1S/C17H22O3/c1-12-6-2-4-8-15(12)19-11-14(18)17-10-13-7-3-5-9-16(13)20-17/h3,5,7,9-10,12,14-15,18H,2,4,6,8,11H2,1H3. The van der Waals surface area contributed by atoms with Gasteiger partial charge in [-0.3, -0.25) is 0 Å². The van der Waals surface area contributed by atoms with Crippen molar-refractivity contribution in [1.29, 1.82) is 0 Å². The third kappa shape index (κ3) is 2.89. The van der Waals surface area contributed by atoms with Crippen molar-refractivity contribution >= 4 is 11.0 Å². The van der Waals surface area contributed by atoms with Crippen LogP contribution in [0.1, 0.15) is 44.5 Å². The fourth-order valence-corrected chi connectivity index (χ4v) is 2.99. The van der Waals surface area contributed by atoms with Gasteiger partial charge in [0, 0.05) is 5.39 Å². The van der Waals surface area contributed by atoms with E-state index in [-0.39, 0.29) is 6.10 Å².